The highest BCUT2D eigenvalue weighted by atomic mass is 19.1. The first kappa shape index (κ1) is 24.6. The molecule has 0 saturated carbocycles. The molecular formula is C32H32F3N. The fraction of sp³-hybridized carbons (Fsp3) is 0.312. The van der Waals surface area contributed by atoms with Gasteiger partial charge in [-0.2, -0.15) is 0 Å². The Balaban J connectivity index is 1.61. The number of likely N-dealkylation sites (tertiary alicyclic amines) is 1. The molecule has 0 N–H and O–H groups in total. The van der Waals surface area contributed by atoms with Crippen LogP contribution in [0.2, 0.25) is 0 Å². The zero-order chi connectivity index (χ0) is 25.2. The van der Waals surface area contributed by atoms with Crippen LogP contribution in [0, 0.1) is 25.5 Å². The zero-order valence-electron chi connectivity index (χ0n) is 21.0. The van der Waals surface area contributed by atoms with Crippen molar-refractivity contribution in [1.29, 1.82) is 0 Å². The molecular weight excluding hydrogens is 455 g/mol. The average molecular weight is 488 g/mol. The van der Waals surface area contributed by atoms with Crippen LogP contribution in [-0.4, -0.2) is 31.2 Å². The molecule has 0 amide bonds. The lowest BCUT2D eigenvalue weighted by molar-refractivity contribution is 0.239. The Bertz CT molecular complexity index is 1340. The Morgan fingerprint density at radius 1 is 0.889 bits per heavy atom. The van der Waals surface area contributed by atoms with Gasteiger partial charge in [0.15, 0.2) is 0 Å². The van der Waals surface area contributed by atoms with Gasteiger partial charge in [0.05, 0.1) is 6.67 Å². The van der Waals surface area contributed by atoms with Gasteiger partial charge in [0.25, 0.3) is 0 Å². The van der Waals surface area contributed by atoms with Crippen molar-refractivity contribution in [2.75, 3.05) is 26.3 Å². The second kappa shape index (κ2) is 10.5. The number of hydrogen-bond acceptors (Lipinski definition) is 1. The molecule has 3 aromatic rings. The summed E-state index contributed by atoms with van der Waals surface area (Å²) in [6.07, 6.45) is 5.27. The van der Waals surface area contributed by atoms with Crippen LogP contribution in [0.5, 0.6) is 0 Å². The molecule has 1 nitrogen and oxygen atoms in total. The lowest BCUT2D eigenvalue weighted by Gasteiger charge is -2.34. The van der Waals surface area contributed by atoms with E-state index in [1.54, 1.807) is 6.07 Å². The Labute approximate surface area is 212 Å². The van der Waals surface area contributed by atoms with E-state index in [9.17, 15) is 8.78 Å². The Morgan fingerprint density at radius 2 is 1.67 bits per heavy atom. The summed E-state index contributed by atoms with van der Waals surface area (Å²) in [6, 6.07) is 17.3. The molecule has 186 valence electrons. The highest BCUT2D eigenvalue weighted by Crippen LogP contribution is 2.42. The lowest BCUT2D eigenvalue weighted by Crippen LogP contribution is -2.40. The third-order valence-corrected chi connectivity index (χ3v) is 7.48. The van der Waals surface area contributed by atoms with Gasteiger partial charge < -0.3 is 0 Å². The highest BCUT2D eigenvalue weighted by molar-refractivity contribution is 6.01. The lowest BCUT2D eigenvalue weighted by atomic mass is 9.84. The molecule has 3 aromatic carbocycles. The first-order valence-electron chi connectivity index (χ1n) is 12.8. The Kier molecular flexibility index (Phi) is 7.15. The second-order valence-corrected chi connectivity index (χ2v) is 10.0. The van der Waals surface area contributed by atoms with Crippen molar-refractivity contribution in [3.8, 4) is 0 Å². The van der Waals surface area contributed by atoms with Crippen LogP contribution in [0.25, 0.3) is 17.2 Å². The Morgan fingerprint density at radius 3 is 2.44 bits per heavy atom. The number of fused-ring (bicyclic) bond motifs is 1. The fourth-order valence-electron chi connectivity index (χ4n) is 5.64. The van der Waals surface area contributed by atoms with Crippen LogP contribution >= 0.6 is 0 Å². The van der Waals surface area contributed by atoms with Crippen LogP contribution in [0.3, 0.4) is 0 Å². The van der Waals surface area contributed by atoms with Crippen molar-refractivity contribution in [3.63, 3.8) is 0 Å². The van der Waals surface area contributed by atoms with Crippen molar-refractivity contribution in [3.05, 3.63) is 111 Å². The standard InChI is InChI=1S/C32H32F3N/c1-21-17-26(34)12-14-27(21)30-10-5-8-24-7-3-4-9-29(24)31(30)28-13-11-25(32(35)22(28)2)18-23-19-36(20-23)16-6-15-33/h3-4,7,9,11-14,17-18H,5-6,8,10,15-16,19-20H2,1-2H3. The predicted octanol–water partition coefficient (Wildman–Crippen LogP) is 7.94. The van der Waals surface area contributed by atoms with Gasteiger partial charge >= 0.3 is 0 Å². The molecule has 0 unspecified atom stereocenters. The van der Waals surface area contributed by atoms with Crippen molar-refractivity contribution < 1.29 is 13.2 Å². The van der Waals surface area contributed by atoms with Crippen molar-refractivity contribution in [1.82, 2.24) is 4.90 Å². The fourth-order valence-corrected chi connectivity index (χ4v) is 5.64. The summed E-state index contributed by atoms with van der Waals surface area (Å²) in [7, 11) is 0. The minimum absolute atomic E-state index is 0.202. The van der Waals surface area contributed by atoms with E-state index in [1.807, 2.05) is 44.2 Å². The average Bonchev–Trinajstić information content (AvgIpc) is 3.03. The maximum atomic E-state index is 15.8. The number of benzene rings is 3. The van der Waals surface area contributed by atoms with E-state index >= 15 is 4.39 Å². The quantitative estimate of drug-likeness (QED) is 0.341. The van der Waals surface area contributed by atoms with Crippen LogP contribution < -0.4 is 0 Å². The SMILES string of the molecule is Cc1cc(F)ccc1C1=C(c2ccc(C=C3CN(CCCF)C3)c(F)c2C)c2ccccc2CCC1. The molecule has 1 fully saturated rings. The summed E-state index contributed by atoms with van der Waals surface area (Å²) in [4.78, 5) is 2.18. The molecule has 0 atom stereocenters. The van der Waals surface area contributed by atoms with Gasteiger partial charge in [-0.15, -0.1) is 0 Å². The van der Waals surface area contributed by atoms with Gasteiger partial charge in [-0.1, -0.05) is 48.5 Å². The van der Waals surface area contributed by atoms with Gasteiger partial charge in [0.2, 0.25) is 0 Å². The summed E-state index contributed by atoms with van der Waals surface area (Å²) in [5.41, 5.74) is 9.78. The summed E-state index contributed by atoms with van der Waals surface area (Å²) in [5, 5.41) is 0. The molecule has 1 aliphatic heterocycles. The molecule has 0 radical (unpaired) electrons. The predicted molar refractivity (Wildman–Crippen MR) is 143 cm³/mol. The first-order valence-corrected chi connectivity index (χ1v) is 12.8. The number of aryl methyl sites for hydroxylation is 2. The first-order chi connectivity index (χ1) is 17.5. The Hall–Kier alpha value is -3.11. The van der Waals surface area contributed by atoms with E-state index in [2.05, 4.69) is 23.1 Å². The third kappa shape index (κ3) is 4.79. The molecule has 0 aromatic heterocycles. The number of hydrogen-bond donors (Lipinski definition) is 0. The number of rotatable bonds is 6. The van der Waals surface area contributed by atoms with Gasteiger partial charge in [-0.05, 0) is 102 Å². The van der Waals surface area contributed by atoms with E-state index in [-0.39, 0.29) is 18.3 Å². The molecule has 36 heavy (non-hydrogen) atoms. The minimum atomic E-state index is -0.302. The van der Waals surface area contributed by atoms with E-state index in [0.717, 1.165) is 72.3 Å². The smallest absolute Gasteiger partial charge is 0.133 e. The van der Waals surface area contributed by atoms with Gasteiger partial charge in [0.1, 0.15) is 11.6 Å². The van der Waals surface area contributed by atoms with Crippen LogP contribution in [0.15, 0.2) is 60.2 Å². The molecule has 0 bridgehead atoms. The van der Waals surface area contributed by atoms with Crippen LogP contribution in [0.4, 0.5) is 13.2 Å². The molecule has 5 rings (SSSR count). The number of halogens is 3. The van der Waals surface area contributed by atoms with Gasteiger partial charge in [-0.3, -0.25) is 9.29 Å². The normalized spacial score (nSPS) is 16.0. The monoisotopic (exact) mass is 487 g/mol. The number of nitrogens with zero attached hydrogens (tertiary/aromatic N) is 1. The maximum Gasteiger partial charge on any atom is 0.133 e. The van der Waals surface area contributed by atoms with E-state index in [4.69, 9.17) is 0 Å². The molecule has 1 heterocycles. The number of allylic oxidation sites excluding steroid dienone is 1. The van der Waals surface area contributed by atoms with E-state index < -0.39 is 0 Å². The number of alkyl halides is 1. The van der Waals surface area contributed by atoms with Crippen molar-refractivity contribution in [2.24, 2.45) is 0 Å². The molecule has 1 aliphatic carbocycles. The summed E-state index contributed by atoms with van der Waals surface area (Å²) >= 11 is 0. The molecule has 1 saturated heterocycles. The van der Waals surface area contributed by atoms with Gasteiger partial charge in [-0.25, -0.2) is 8.78 Å². The van der Waals surface area contributed by atoms with Crippen molar-refractivity contribution >= 4 is 17.2 Å². The van der Waals surface area contributed by atoms with E-state index in [0.29, 0.717) is 17.5 Å². The van der Waals surface area contributed by atoms with Crippen LogP contribution in [0.1, 0.15) is 58.2 Å². The topological polar surface area (TPSA) is 3.24 Å². The summed E-state index contributed by atoms with van der Waals surface area (Å²) in [6.45, 7) is 5.78. The van der Waals surface area contributed by atoms with Crippen molar-refractivity contribution in [2.45, 2.75) is 39.5 Å². The molecule has 4 heteroatoms. The molecule has 0 spiro atoms. The maximum absolute atomic E-state index is 15.8. The highest BCUT2D eigenvalue weighted by Gasteiger charge is 2.24. The summed E-state index contributed by atoms with van der Waals surface area (Å²) in [5.74, 6) is -0.446. The van der Waals surface area contributed by atoms with Gasteiger partial charge in [0, 0.05) is 25.2 Å². The zero-order valence-corrected chi connectivity index (χ0v) is 21.0. The van der Waals surface area contributed by atoms with E-state index in [1.165, 1.54) is 17.2 Å². The van der Waals surface area contributed by atoms with Crippen LogP contribution in [-0.2, 0) is 6.42 Å². The third-order valence-electron chi connectivity index (χ3n) is 7.48. The molecule has 2 aliphatic rings. The second-order valence-electron chi connectivity index (χ2n) is 10.0. The largest absolute Gasteiger partial charge is 0.295 e. The minimum Gasteiger partial charge on any atom is -0.295 e. The summed E-state index contributed by atoms with van der Waals surface area (Å²) < 4.78 is 42.2.